The number of methoxy groups -OCH3 is 1. The van der Waals surface area contributed by atoms with Gasteiger partial charge in [0.2, 0.25) is 0 Å². The van der Waals surface area contributed by atoms with E-state index in [1.807, 2.05) is 37.4 Å². The Morgan fingerprint density at radius 1 is 1.11 bits per heavy atom. The predicted molar refractivity (Wildman–Crippen MR) is 74.9 cm³/mol. The second-order valence-electron chi connectivity index (χ2n) is 4.01. The van der Waals surface area contributed by atoms with Crippen molar-refractivity contribution < 1.29 is 9.13 Å². The molecular formula is C15H15FOS. The highest BCUT2D eigenvalue weighted by Gasteiger charge is 2.13. The van der Waals surface area contributed by atoms with Crippen molar-refractivity contribution in [3.8, 4) is 16.9 Å². The summed E-state index contributed by atoms with van der Waals surface area (Å²) < 4.78 is 19.6. The molecule has 0 heterocycles. The number of benzene rings is 2. The van der Waals surface area contributed by atoms with E-state index < -0.39 is 0 Å². The Morgan fingerprint density at radius 3 is 2.44 bits per heavy atom. The maximum absolute atomic E-state index is 14.4. The molecule has 0 radical (unpaired) electrons. The third-order valence-corrected chi connectivity index (χ3v) is 3.64. The van der Waals surface area contributed by atoms with Crippen LogP contribution in [0.15, 0.2) is 41.3 Å². The van der Waals surface area contributed by atoms with Gasteiger partial charge in [0.15, 0.2) is 0 Å². The van der Waals surface area contributed by atoms with Crippen molar-refractivity contribution in [1.29, 1.82) is 0 Å². The highest BCUT2D eigenvalue weighted by Crippen LogP contribution is 2.35. The SMILES string of the molecule is COc1cc(SC)c(F)c(-c2ccccc2C)c1. The molecule has 18 heavy (non-hydrogen) atoms. The topological polar surface area (TPSA) is 9.23 Å². The second-order valence-corrected chi connectivity index (χ2v) is 4.85. The highest BCUT2D eigenvalue weighted by atomic mass is 32.2. The molecule has 0 saturated carbocycles. The second kappa shape index (κ2) is 5.44. The first kappa shape index (κ1) is 13.0. The number of rotatable bonds is 3. The Morgan fingerprint density at radius 2 is 1.83 bits per heavy atom. The molecule has 0 N–H and O–H groups in total. The van der Waals surface area contributed by atoms with Crippen molar-refractivity contribution >= 4 is 11.8 Å². The van der Waals surface area contributed by atoms with E-state index in [1.54, 1.807) is 19.2 Å². The van der Waals surface area contributed by atoms with E-state index in [0.29, 0.717) is 16.2 Å². The van der Waals surface area contributed by atoms with Crippen molar-refractivity contribution in [1.82, 2.24) is 0 Å². The van der Waals surface area contributed by atoms with Crippen molar-refractivity contribution in [2.75, 3.05) is 13.4 Å². The van der Waals surface area contributed by atoms with Gasteiger partial charge in [0.05, 0.1) is 7.11 Å². The lowest BCUT2D eigenvalue weighted by atomic mass is 10.00. The highest BCUT2D eigenvalue weighted by molar-refractivity contribution is 7.98. The predicted octanol–water partition coefficient (Wildman–Crippen LogP) is 4.53. The van der Waals surface area contributed by atoms with E-state index in [0.717, 1.165) is 11.1 Å². The molecule has 0 fully saturated rings. The van der Waals surface area contributed by atoms with Gasteiger partial charge in [0.25, 0.3) is 0 Å². The lowest BCUT2D eigenvalue weighted by molar-refractivity contribution is 0.412. The average Bonchev–Trinajstić information content (AvgIpc) is 2.40. The smallest absolute Gasteiger partial charge is 0.144 e. The van der Waals surface area contributed by atoms with Gasteiger partial charge in [-0.15, -0.1) is 11.8 Å². The average molecular weight is 262 g/mol. The van der Waals surface area contributed by atoms with E-state index in [2.05, 4.69) is 0 Å². The largest absolute Gasteiger partial charge is 0.497 e. The van der Waals surface area contributed by atoms with Crippen LogP contribution in [0.5, 0.6) is 5.75 Å². The third kappa shape index (κ3) is 2.36. The fourth-order valence-corrected chi connectivity index (χ4v) is 2.43. The van der Waals surface area contributed by atoms with Gasteiger partial charge in [-0.3, -0.25) is 0 Å². The van der Waals surface area contributed by atoms with Crippen LogP contribution in [0.3, 0.4) is 0 Å². The van der Waals surface area contributed by atoms with Crippen LogP contribution < -0.4 is 4.74 Å². The molecule has 2 aromatic carbocycles. The first-order valence-corrected chi connectivity index (χ1v) is 6.87. The molecule has 0 bridgehead atoms. The van der Waals surface area contributed by atoms with Crippen LogP contribution in [0.2, 0.25) is 0 Å². The molecule has 0 aliphatic carbocycles. The maximum atomic E-state index is 14.4. The minimum absolute atomic E-state index is 0.183. The van der Waals surface area contributed by atoms with Gasteiger partial charge in [-0.05, 0) is 36.4 Å². The number of hydrogen-bond acceptors (Lipinski definition) is 2. The fourth-order valence-electron chi connectivity index (χ4n) is 1.91. The zero-order valence-corrected chi connectivity index (χ0v) is 11.5. The first-order chi connectivity index (χ1) is 8.67. The zero-order chi connectivity index (χ0) is 13.1. The van der Waals surface area contributed by atoms with E-state index in [9.17, 15) is 4.39 Å². The molecule has 0 atom stereocenters. The van der Waals surface area contributed by atoms with Gasteiger partial charge >= 0.3 is 0 Å². The summed E-state index contributed by atoms with van der Waals surface area (Å²) in [5, 5.41) is 0. The summed E-state index contributed by atoms with van der Waals surface area (Å²) >= 11 is 1.38. The van der Waals surface area contributed by atoms with Crippen LogP contribution in [-0.4, -0.2) is 13.4 Å². The molecule has 3 heteroatoms. The minimum Gasteiger partial charge on any atom is -0.497 e. The fraction of sp³-hybridized carbons (Fsp3) is 0.200. The van der Waals surface area contributed by atoms with E-state index >= 15 is 0 Å². The Kier molecular flexibility index (Phi) is 3.92. The molecule has 2 aromatic rings. The molecule has 2 rings (SSSR count). The van der Waals surface area contributed by atoms with Crippen molar-refractivity contribution in [2.24, 2.45) is 0 Å². The van der Waals surface area contributed by atoms with E-state index in [-0.39, 0.29) is 5.82 Å². The van der Waals surface area contributed by atoms with Gasteiger partial charge < -0.3 is 4.74 Å². The molecule has 1 nitrogen and oxygen atoms in total. The quantitative estimate of drug-likeness (QED) is 0.751. The number of thioether (sulfide) groups is 1. The molecule has 0 amide bonds. The van der Waals surface area contributed by atoms with Gasteiger partial charge in [-0.2, -0.15) is 0 Å². The van der Waals surface area contributed by atoms with Crippen molar-refractivity contribution in [3.63, 3.8) is 0 Å². The first-order valence-electron chi connectivity index (χ1n) is 5.65. The molecule has 0 aliphatic rings. The Balaban J connectivity index is 2.67. The standard InChI is InChI=1S/C15H15FOS/c1-10-6-4-5-7-12(10)13-8-11(17-2)9-14(18-3)15(13)16/h4-9H,1-3H3. The summed E-state index contributed by atoms with van der Waals surface area (Å²) in [6.07, 6.45) is 1.86. The van der Waals surface area contributed by atoms with Gasteiger partial charge in [-0.25, -0.2) is 4.39 Å². The van der Waals surface area contributed by atoms with Crippen LogP contribution in [-0.2, 0) is 0 Å². The summed E-state index contributed by atoms with van der Waals surface area (Å²) in [4.78, 5) is 0.604. The van der Waals surface area contributed by atoms with Gasteiger partial charge in [0, 0.05) is 10.5 Å². The molecule has 0 aromatic heterocycles. The number of aryl methyl sites for hydroxylation is 1. The summed E-state index contributed by atoms with van der Waals surface area (Å²) in [7, 11) is 1.60. The summed E-state index contributed by atoms with van der Waals surface area (Å²) in [5.41, 5.74) is 2.55. The zero-order valence-electron chi connectivity index (χ0n) is 10.7. The van der Waals surface area contributed by atoms with Gasteiger partial charge in [0.1, 0.15) is 11.6 Å². The number of ether oxygens (including phenoxy) is 1. The molecule has 0 unspecified atom stereocenters. The molecule has 0 aliphatic heterocycles. The van der Waals surface area contributed by atoms with Crippen LogP contribution in [0, 0.1) is 12.7 Å². The number of hydrogen-bond donors (Lipinski definition) is 0. The van der Waals surface area contributed by atoms with E-state index in [4.69, 9.17) is 4.74 Å². The lowest BCUT2D eigenvalue weighted by Crippen LogP contribution is -1.93. The Bertz CT molecular complexity index is 566. The monoisotopic (exact) mass is 262 g/mol. The lowest BCUT2D eigenvalue weighted by Gasteiger charge is -2.12. The maximum Gasteiger partial charge on any atom is 0.144 e. The van der Waals surface area contributed by atoms with Crippen LogP contribution in [0.25, 0.3) is 11.1 Å². The van der Waals surface area contributed by atoms with Crippen molar-refractivity contribution in [3.05, 3.63) is 47.8 Å². The molecular weight excluding hydrogens is 247 g/mol. The normalized spacial score (nSPS) is 10.4. The number of halogens is 1. The Labute approximate surface area is 111 Å². The molecule has 0 saturated heterocycles. The molecule has 94 valence electrons. The van der Waals surface area contributed by atoms with Crippen LogP contribution >= 0.6 is 11.8 Å². The molecule has 0 spiro atoms. The minimum atomic E-state index is -0.183. The van der Waals surface area contributed by atoms with Gasteiger partial charge in [-0.1, -0.05) is 24.3 Å². The summed E-state index contributed by atoms with van der Waals surface area (Å²) in [6, 6.07) is 11.2. The Hall–Kier alpha value is -1.48. The summed E-state index contributed by atoms with van der Waals surface area (Å²) in [5.74, 6) is 0.497. The van der Waals surface area contributed by atoms with Crippen molar-refractivity contribution in [2.45, 2.75) is 11.8 Å². The van der Waals surface area contributed by atoms with E-state index in [1.165, 1.54) is 11.8 Å². The van der Waals surface area contributed by atoms with Crippen LogP contribution in [0.1, 0.15) is 5.56 Å². The summed E-state index contributed by atoms with van der Waals surface area (Å²) in [6.45, 7) is 1.98. The van der Waals surface area contributed by atoms with Crippen LogP contribution in [0.4, 0.5) is 4.39 Å². The third-order valence-electron chi connectivity index (χ3n) is 2.90.